The molecule has 0 saturated carbocycles. The van der Waals surface area contributed by atoms with E-state index < -0.39 is 17.5 Å². The third-order valence-corrected chi connectivity index (χ3v) is 3.89. The molecule has 0 amide bonds. The van der Waals surface area contributed by atoms with Gasteiger partial charge in [0.15, 0.2) is 0 Å². The molecule has 1 aliphatic heterocycles. The molecule has 1 aromatic carbocycles. The Labute approximate surface area is 107 Å². The van der Waals surface area contributed by atoms with Gasteiger partial charge in [-0.25, -0.2) is 13.2 Å². The molecule has 2 rings (SSSR count). The van der Waals surface area contributed by atoms with Crippen LogP contribution in [-0.4, -0.2) is 13.1 Å². The maximum atomic E-state index is 13.7. The maximum absolute atomic E-state index is 13.7. The van der Waals surface area contributed by atoms with Gasteiger partial charge in [-0.2, -0.15) is 0 Å². The van der Waals surface area contributed by atoms with Gasteiger partial charge in [-0.05, 0) is 54.2 Å². The lowest BCUT2D eigenvalue weighted by Crippen LogP contribution is -2.29. The molecule has 0 spiro atoms. The molecule has 1 N–H and O–H groups in total. The van der Waals surface area contributed by atoms with Gasteiger partial charge in [-0.3, -0.25) is 0 Å². The van der Waals surface area contributed by atoms with Crippen LogP contribution in [0.2, 0.25) is 0 Å². The third-order valence-electron chi connectivity index (χ3n) is 3.16. The normalized spacial score (nSPS) is 17.4. The van der Waals surface area contributed by atoms with Gasteiger partial charge in [0, 0.05) is 11.6 Å². The van der Waals surface area contributed by atoms with Gasteiger partial charge >= 0.3 is 0 Å². The van der Waals surface area contributed by atoms with E-state index in [9.17, 15) is 13.2 Å². The van der Waals surface area contributed by atoms with Gasteiger partial charge in [-0.1, -0.05) is 0 Å². The molecular weight excluding hydrogens is 295 g/mol. The van der Waals surface area contributed by atoms with E-state index in [0.29, 0.717) is 6.42 Å². The van der Waals surface area contributed by atoms with Crippen molar-refractivity contribution in [2.75, 3.05) is 13.1 Å². The summed E-state index contributed by atoms with van der Waals surface area (Å²) in [5.41, 5.74) is -0.00910. The zero-order valence-electron chi connectivity index (χ0n) is 9.20. The van der Waals surface area contributed by atoms with E-state index in [-0.39, 0.29) is 16.0 Å². The molecule has 1 saturated heterocycles. The van der Waals surface area contributed by atoms with Crippen LogP contribution in [0, 0.1) is 23.4 Å². The van der Waals surface area contributed by atoms with E-state index in [1.807, 2.05) is 0 Å². The Morgan fingerprint density at radius 1 is 1.18 bits per heavy atom. The molecule has 0 aliphatic carbocycles. The summed E-state index contributed by atoms with van der Waals surface area (Å²) in [6.07, 6.45) is 2.12. The fourth-order valence-electron chi connectivity index (χ4n) is 2.17. The highest BCUT2D eigenvalue weighted by atomic mass is 79.9. The Morgan fingerprint density at radius 3 is 2.47 bits per heavy atom. The lowest BCUT2D eigenvalue weighted by molar-refractivity contribution is 0.362. The standard InChI is InChI=1S/C12H13BrF3N/c13-11-10(15)6-9(14)8(12(11)16)5-7-1-3-17-4-2-7/h6-7,17H,1-5H2. The quantitative estimate of drug-likeness (QED) is 0.652. The molecule has 1 fully saturated rings. The van der Waals surface area contributed by atoms with E-state index in [1.165, 1.54) is 0 Å². The fraction of sp³-hybridized carbons (Fsp3) is 0.500. The first kappa shape index (κ1) is 12.9. The van der Waals surface area contributed by atoms with Crippen LogP contribution in [0.4, 0.5) is 13.2 Å². The monoisotopic (exact) mass is 307 g/mol. The number of benzene rings is 1. The number of piperidine rings is 1. The molecule has 5 heteroatoms. The minimum Gasteiger partial charge on any atom is -0.317 e. The Kier molecular flexibility index (Phi) is 4.09. The van der Waals surface area contributed by atoms with Crippen LogP contribution in [0.25, 0.3) is 0 Å². The summed E-state index contributed by atoms with van der Waals surface area (Å²) < 4.78 is 40.1. The van der Waals surface area contributed by atoms with Crippen LogP contribution in [0.5, 0.6) is 0 Å². The number of nitrogens with one attached hydrogen (secondary N) is 1. The van der Waals surface area contributed by atoms with Crippen molar-refractivity contribution in [2.45, 2.75) is 19.3 Å². The first-order chi connectivity index (χ1) is 8.09. The topological polar surface area (TPSA) is 12.0 Å². The highest BCUT2D eigenvalue weighted by molar-refractivity contribution is 9.10. The zero-order chi connectivity index (χ0) is 12.4. The predicted molar refractivity (Wildman–Crippen MR) is 63.3 cm³/mol. The molecule has 1 nitrogen and oxygen atoms in total. The van der Waals surface area contributed by atoms with Crippen molar-refractivity contribution in [2.24, 2.45) is 5.92 Å². The van der Waals surface area contributed by atoms with E-state index in [4.69, 9.17) is 0 Å². The van der Waals surface area contributed by atoms with Crippen LogP contribution < -0.4 is 5.32 Å². The number of rotatable bonds is 2. The van der Waals surface area contributed by atoms with Gasteiger partial charge in [0.25, 0.3) is 0 Å². The van der Waals surface area contributed by atoms with Crippen molar-refractivity contribution in [1.29, 1.82) is 0 Å². The molecule has 0 atom stereocenters. The second kappa shape index (κ2) is 5.40. The van der Waals surface area contributed by atoms with Crippen LogP contribution in [-0.2, 0) is 6.42 Å². The predicted octanol–water partition coefficient (Wildman–Crippen LogP) is 3.41. The van der Waals surface area contributed by atoms with Crippen molar-refractivity contribution < 1.29 is 13.2 Å². The summed E-state index contributed by atoms with van der Waals surface area (Å²) in [6.45, 7) is 1.74. The summed E-state index contributed by atoms with van der Waals surface area (Å²) in [5.74, 6) is -2.23. The summed E-state index contributed by atoms with van der Waals surface area (Å²) in [4.78, 5) is 0. The molecule has 0 aromatic heterocycles. The smallest absolute Gasteiger partial charge is 0.146 e. The van der Waals surface area contributed by atoms with Gasteiger partial charge in [0.2, 0.25) is 0 Å². The highest BCUT2D eigenvalue weighted by Gasteiger charge is 2.21. The van der Waals surface area contributed by atoms with Crippen LogP contribution in [0.1, 0.15) is 18.4 Å². The number of hydrogen-bond donors (Lipinski definition) is 1. The average Bonchev–Trinajstić information content (AvgIpc) is 2.33. The molecule has 94 valence electrons. The van der Waals surface area contributed by atoms with Crippen LogP contribution >= 0.6 is 15.9 Å². The van der Waals surface area contributed by atoms with E-state index in [0.717, 1.165) is 32.0 Å². The zero-order valence-corrected chi connectivity index (χ0v) is 10.8. The third kappa shape index (κ3) is 2.83. The molecule has 1 aliphatic rings. The van der Waals surface area contributed by atoms with Crippen molar-refractivity contribution in [3.63, 3.8) is 0 Å². The Balaban J connectivity index is 2.22. The summed E-state index contributed by atoms with van der Waals surface area (Å²) >= 11 is 2.80. The minimum absolute atomic E-state index is 0.00910. The number of hydrogen-bond acceptors (Lipinski definition) is 1. The lowest BCUT2D eigenvalue weighted by Gasteiger charge is -2.23. The van der Waals surface area contributed by atoms with E-state index in [1.54, 1.807) is 0 Å². The SMILES string of the molecule is Fc1cc(F)c(CC2CCNCC2)c(F)c1Br. The second-order valence-corrected chi connectivity index (χ2v) is 5.14. The molecule has 0 radical (unpaired) electrons. The lowest BCUT2D eigenvalue weighted by atomic mass is 9.90. The van der Waals surface area contributed by atoms with Gasteiger partial charge in [0.1, 0.15) is 17.5 Å². The van der Waals surface area contributed by atoms with Crippen molar-refractivity contribution in [1.82, 2.24) is 5.32 Å². The Hall–Kier alpha value is -0.550. The van der Waals surface area contributed by atoms with Crippen molar-refractivity contribution in [3.8, 4) is 0 Å². The van der Waals surface area contributed by atoms with E-state index in [2.05, 4.69) is 21.2 Å². The summed E-state index contributed by atoms with van der Waals surface area (Å²) in [5, 5.41) is 3.19. The first-order valence-electron chi connectivity index (χ1n) is 5.62. The molecule has 1 heterocycles. The Morgan fingerprint density at radius 2 is 1.82 bits per heavy atom. The van der Waals surface area contributed by atoms with Gasteiger partial charge in [-0.15, -0.1) is 0 Å². The Bertz CT molecular complexity index is 417. The maximum Gasteiger partial charge on any atom is 0.146 e. The minimum atomic E-state index is -0.894. The molecule has 0 bridgehead atoms. The molecule has 0 unspecified atom stereocenters. The largest absolute Gasteiger partial charge is 0.317 e. The van der Waals surface area contributed by atoms with Crippen molar-refractivity contribution >= 4 is 15.9 Å². The average molecular weight is 308 g/mol. The summed E-state index contributed by atoms with van der Waals surface area (Å²) in [7, 11) is 0. The van der Waals surface area contributed by atoms with Gasteiger partial charge < -0.3 is 5.32 Å². The number of halogens is 4. The second-order valence-electron chi connectivity index (χ2n) is 4.34. The van der Waals surface area contributed by atoms with Crippen LogP contribution in [0.15, 0.2) is 10.5 Å². The highest BCUT2D eigenvalue weighted by Crippen LogP contribution is 2.28. The molecule has 1 aromatic rings. The molecule has 17 heavy (non-hydrogen) atoms. The van der Waals surface area contributed by atoms with Crippen molar-refractivity contribution in [3.05, 3.63) is 33.6 Å². The van der Waals surface area contributed by atoms with Gasteiger partial charge in [0.05, 0.1) is 4.47 Å². The molecular formula is C12H13BrF3N. The summed E-state index contributed by atoms with van der Waals surface area (Å²) in [6, 6.07) is 0.740. The fourth-order valence-corrected chi connectivity index (χ4v) is 2.52. The first-order valence-corrected chi connectivity index (χ1v) is 6.41. The van der Waals surface area contributed by atoms with E-state index >= 15 is 0 Å². The van der Waals surface area contributed by atoms with Crippen LogP contribution in [0.3, 0.4) is 0 Å².